The average molecular weight is 578 g/mol. The molecule has 6 nitrogen and oxygen atoms in total. The summed E-state index contributed by atoms with van der Waals surface area (Å²) in [6.45, 7) is 14.3. The van der Waals surface area contributed by atoms with Gasteiger partial charge in [-0.1, -0.05) is 95.9 Å². The fourth-order valence-electron chi connectivity index (χ4n) is 4.00. The number of rotatable bonds is 10. The van der Waals surface area contributed by atoms with Crippen molar-refractivity contribution in [2.75, 3.05) is 0 Å². The van der Waals surface area contributed by atoms with E-state index in [0.717, 1.165) is 0 Å². The number of hydrogen-bond acceptors (Lipinski definition) is 5. The van der Waals surface area contributed by atoms with E-state index in [4.69, 9.17) is 27.9 Å². The van der Waals surface area contributed by atoms with E-state index >= 15 is 0 Å². The highest BCUT2D eigenvalue weighted by molar-refractivity contribution is 6.32. The lowest BCUT2D eigenvalue weighted by Crippen LogP contribution is -2.45. The molecule has 0 fully saturated rings. The Labute approximate surface area is 241 Å². The number of carbonyl (C=O) groups is 4. The van der Waals surface area contributed by atoms with E-state index in [0.29, 0.717) is 28.7 Å². The quantitative estimate of drug-likeness (QED) is 0.177. The van der Waals surface area contributed by atoms with Gasteiger partial charge in [-0.05, 0) is 36.6 Å². The third kappa shape index (κ3) is 7.70. The molecule has 1 unspecified atom stereocenters. The van der Waals surface area contributed by atoms with Crippen molar-refractivity contribution in [2.24, 2.45) is 16.2 Å². The molecule has 0 aliphatic carbocycles. The number of Topliss-reactive ketones (excluding diaryl/α,β-unsaturated/α-hetero) is 2. The zero-order valence-electron chi connectivity index (χ0n) is 23.9. The van der Waals surface area contributed by atoms with Crippen molar-refractivity contribution in [1.82, 2.24) is 0 Å². The normalized spacial score (nSPS) is 13.1. The fraction of sp³-hybridized carbons (Fsp3) is 0.484. The molecular weight excluding hydrogens is 539 g/mol. The second kappa shape index (κ2) is 12.2. The van der Waals surface area contributed by atoms with Gasteiger partial charge in [0, 0.05) is 44.8 Å². The molecule has 1 N–H and O–H groups in total. The largest absolute Gasteiger partial charge is 0.480 e. The van der Waals surface area contributed by atoms with E-state index in [1.807, 2.05) is 6.92 Å². The molecule has 0 aliphatic heterocycles. The maximum Gasteiger partial charge on any atom is 0.324 e. The Bertz CT molecular complexity index is 1190. The van der Waals surface area contributed by atoms with Crippen LogP contribution in [0.3, 0.4) is 0 Å². The van der Waals surface area contributed by atoms with Crippen LogP contribution >= 0.6 is 23.2 Å². The summed E-state index contributed by atoms with van der Waals surface area (Å²) in [5.41, 5.74) is -1.80. The molecule has 212 valence electrons. The predicted octanol–water partition coefficient (Wildman–Crippen LogP) is 7.65. The lowest BCUT2D eigenvalue weighted by Gasteiger charge is -2.30. The summed E-state index contributed by atoms with van der Waals surface area (Å²) in [5, 5.41) is 10.8. The maximum absolute atomic E-state index is 13.5. The van der Waals surface area contributed by atoms with Gasteiger partial charge in [0.05, 0.1) is 6.10 Å². The van der Waals surface area contributed by atoms with Crippen LogP contribution in [-0.2, 0) is 27.2 Å². The number of carboxylic acids is 1. The van der Waals surface area contributed by atoms with Crippen LogP contribution in [0, 0.1) is 16.2 Å². The van der Waals surface area contributed by atoms with Crippen molar-refractivity contribution in [3.8, 4) is 0 Å². The van der Waals surface area contributed by atoms with Crippen molar-refractivity contribution in [3.63, 3.8) is 0 Å². The van der Waals surface area contributed by atoms with Crippen LogP contribution in [0.5, 0.6) is 0 Å². The minimum Gasteiger partial charge on any atom is -0.480 e. The van der Waals surface area contributed by atoms with Gasteiger partial charge >= 0.3 is 11.9 Å². The molecule has 39 heavy (non-hydrogen) atoms. The van der Waals surface area contributed by atoms with Crippen molar-refractivity contribution in [2.45, 2.75) is 80.8 Å². The average Bonchev–Trinajstić information content (AvgIpc) is 2.83. The lowest BCUT2D eigenvalue weighted by atomic mass is 9.75. The molecule has 1 atom stereocenters. The molecule has 0 saturated carbocycles. The van der Waals surface area contributed by atoms with Crippen LogP contribution < -0.4 is 0 Å². The van der Waals surface area contributed by atoms with Crippen LogP contribution in [0.1, 0.15) is 93.7 Å². The van der Waals surface area contributed by atoms with Gasteiger partial charge in [-0.2, -0.15) is 0 Å². The Hall–Kier alpha value is -2.70. The number of carboxylic acid groups (broad SMARTS) is 1. The Morgan fingerprint density at radius 3 is 1.46 bits per heavy atom. The first kappa shape index (κ1) is 32.5. The number of ketones is 2. The van der Waals surface area contributed by atoms with E-state index in [9.17, 15) is 24.3 Å². The van der Waals surface area contributed by atoms with Crippen LogP contribution in [0.15, 0.2) is 36.4 Å². The molecule has 2 aromatic rings. The maximum atomic E-state index is 13.5. The third-order valence-electron chi connectivity index (χ3n) is 6.66. The molecule has 0 heterocycles. The summed E-state index contributed by atoms with van der Waals surface area (Å²) in [4.78, 5) is 51.9. The molecule has 0 bridgehead atoms. The van der Waals surface area contributed by atoms with Crippen molar-refractivity contribution < 1.29 is 29.0 Å². The third-order valence-corrected chi connectivity index (χ3v) is 7.36. The van der Waals surface area contributed by atoms with Crippen LogP contribution in [-0.4, -0.2) is 34.7 Å². The summed E-state index contributed by atoms with van der Waals surface area (Å²) >= 11 is 13.1. The van der Waals surface area contributed by atoms with Gasteiger partial charge in [0.15, 0.2) is 17.0 Å². The van der Waals surface area contributed by atoms with Gasteiger partial charge in [0.1, 0.15) is 0 Å². The molecule has 8 heteroatoms. The predicted molar refractivity (Wildman–Crippen MR) is 154 cm³/mol. The standard InChI is InChI=1S/C31H38Cl2O6/c1-9-18(2)39-28(38)31(27(36)37,16-21-12-10-19(14-23(21)32)25(34)29(3,4)5)17-22-13-11-20(15-24(22)33)26(35)30(6,7)8/h10-15,18H,9,16-17H2,1-8H3,(H,36,37). The molecule has 0 spiro atoms. The van der Waals surface area contributed by atoms with Crippen molar-refractivity contribution >= 4 is 46.7 Å². The SMILES string of the molecule is CCC(C)OC(=O)C(Cc1ccc(C(=O)C(C)(C)C)cc1Cl)(Cc1ccc(C(=O)C(C)(C)C)cc1Cl)C(=O)O. The molecule has 0 aromatic heterocycles. The highest BCUT2D eigenvalue weighted by Gasteiger charge is 2.49. The first-order chi connectivity index (χ1) is 17.8. The molecule has 0 saturated heterocycles. The van der Waals surface area contributed by atoms with E-state index in [1.165, 1.54) is 12.1 Å². The smallest absolute Gasteiger partial charge is 0.324 e. The summed E-state index contributed by atoms with van der Waals surface area (Å²) in [6, 6.07) is 9.31. The summed E-state index contributed by atoms with van der Waals surface area (Å²) < 4.78 is 5.55. The van der Waals surface area contributed by atoms with Crippen molar-refractivity contribution in [3.05, 3.63) is 68.7 Å². The molecule has 2 rings (SSSR count). The zero-order valence-corrected chi connectivity index (χ0v) is 25.4. The molecular formula is C31H38Cl2O6. The van der Waals surface area contributed by atoms with Gasteiger partial charge in [-0.15, -0.1) is 0 Å². The van der Waals surface area contributed by atoms with Gasteiger partial charge < -0.3 is 9.84 Å². The van der Waals surface area contributed by atoms with E-state index in [1.54, 1.807) is 72.7 Å². The van der Waals surface area contributed by atoms with Crippen LogP contribution in [0.25, 0.3) is 0 Å². The highest BCUT2D eigenvalue weighted by Crippen LogP contribution is 2.37. The minimum atomic E-state index is -2.07. The van der Waals surface area contributed by atoms with Crippen molar-refractivity contribution in [1.29, 1.82) is 0 Å². The Morgan fingerprint density at radius 1 is 0.795 bits per heavy atom. The Balaban J connectivity index is 2.61. The number of halogens is 2. The Kier molecular flexibility index (Phi) is 10.2. The number of hydrogen-bond donors (Lipinski definition) is 1. The van der Waals surface area contributed by atoms with E-state index in [2.05, 4.69) is 0 Å². The summed E-state index contributed by atoms with van der Waals surface area (Å²) in [7, 11) is 0. The molecule has 2 aromatic carbocycles. The number of carbonyl (C=O) groups excluding carboxylic acids is 3. The van der Waals surface area contributed by atoms with E-state index < -0.39 is 34.3 Å². The second-order valence-electron chi connectivity index (χ2n) is 12.1. The highest BCUT2D eigenvalue weighted by atomic mass is 35.5. The monoisotopic (exact) mass is 576 g/mol. The summed E-state index contributed by atoms with van der Waals surface area (Å²) in [6.07, 6.45) is -0.601. The number of aliphatic carboxylic acids is 1. The molecule has 0 radical (unpaired) electrons. The van der Waals surface area contributed by atoms with Crippen LogP contribution in [0.2, 0.25) is 10.0 Å². The topological polar surface area (TPSA) is 97.7 Å². The van der Waals surface area contributed by atoms with Gasteiger partial charge in [-0.25, -0.2) is 0 Å². The van der Waals surface area contributed by atoms with E-state index in [-0.39, 0.29) is 34.5 Å². The zero-order chi connectivity index (χ0) is 29.9. The summed E-state index contributed by atoms with van der Waals surface area (Å²) in [5.74, 6) is -2.55. The van der Waals surface area contributed by atoms with Crippen LogP contribution in [0.4, 0.5) is 0 Å². The minimum absolute atomic E-state index is 0.117. The molecule has 0 amide bonds. The number of benzene rings is 2. The fourth-order valence-corrected chi connectivity index (χ4v) is 4.50. The first-order valence-electron chi connectivity index (χ1n) is 12.9. The van der Waals surface area contributed by atoms with Gasteiger partial charge in [-0.3, -0.25) is 19.2 Å². The lowest BCUT2D eigenvalue weighted by molar-refractivity contribution is -0.172. The molecule has 0 aliphatic rings. The Morgan fingerprint density at radius 2 is 1.18 bits per heavy atom. The number of esters is 1. The van der Waals surface area contributed by atoms with Gasteiger partial charge in [0.2, 0.25) is 0 Å². The second-order valence-corrected chi connectivity index (χ2v) is 13.0. The first-order valence-corrected chi connectivity index (χ1v) is 13.7. The van der Waals surface area contributed by atoms with Gasteiger partial charge in [0.25, 0.3) is 0 Å². The number of ether oxygens (including phenoxy) is 1.